The van der Waals surface area contributed by atoms with E-state index in [1.165, 1.54) is 27.3 Å². The Bertz CT molecular complexity index is 606. The first-order chi connectivity index (χ1) is 11.6. The summed E-state index contributed by atoms with van der Waals surface area (Å²) < 4.78 is 0. The molecule has 1 aromatic heterocycles. The molecule has 0 unspecified atom stereocenters. The number of nitrogens with one attached hydrogen (secondary N) is 3. The lowest BCUT2D eigenvalue weighted by Crippen LogP contribution is -3.06. The van der Waals surface area contributed by atoms with Crippen molar-refractivity contribution in [2.45, 2.75) is 25.8 Å². The van der Waals surface area contributed by atoms with E-state index >= 15 is 0 Å². The lowest BCUT2D eigenvalue weighted by atomic mass is 10.0. The summed E-state index contributed by atoms with van der Waals surface area (Å²) in [4.78, 5) is 2.69. The quantitative estimate of drug-likeness (QED) is 0.630. The van der Waals surface area contributed by atoms with Gasteiger partial charge in [-0.1, -0.05) is 43.7 Å². The molecule has 0 aliphatic heterocycles. The van der Waals surface area contributed by atoms with E-state index in [4.69, 9.17) is 12.2 Å². The van der Waals surface area contributed by atoms with E-state index in [0.29, 0.717) is 5.11 Å². The average Bonchev–Trinajstić information content (AvgIpc) is 3.08. The third-order valence-electron chi connectivity index (χ3n) is 3.87. The standard InChI is InChI=1S/C19H27N3S2/c1-4-6-15-8-10-16(11-9-15)18(17-7-5-14-24-17)21-19(23)20-12-13-22(2)3/h5,7-11,14,18H,4,6,12-13H2,1-3H3,(H2,20,21,23)/p+1/t18-/m0/s1. The van der Waals surface area contributed by atoms with Gasteiger partial charge in [0.2, 0.25) is 0 Å². The van der Waals surface area contributed by atoms with Crippen LogP contribution in [0.15, 0.2) is 41.8 Å². The van der Waals surface area contributed by atoms with Crippen molar-refractivity contribution < 1.29 is 4.90 Å². The fourth-order valence-corrected chi connectivity index (χ4v) is 3.57. The van der Waals surface area contributed by atoms with E-state index in [1.807, 2.05) is 0 Å². The van der Waals surface area contributed by atoms with Crippen LogP contribution in [0.2, 0.25) is 0 Å². The van der Waals surface area contributed by atoms with Gasteiger partial charge in [-0.2, -0.15) is 0 Å². The number of thiocarbonyl (C=S) groups is 1. The first-order valence-corrected chi connectivity index (χ1v) is 9.84. The summed E-state index contributed by atoms with van der Waals surface area (Å²) in [5.74, 6) is 0. The molecule has 0 aliphatic carbocycles. The van der Waals surface area contributed by atoms with Crippen LogP contribution in [-0.4, -0.2) is 32.3 Å². The van der Waals surface area contributed by atoms with Gasteiger partial charge >= 0.3 is 0 Å². The Balaban J connectivity index is 2.06. The van der Waals surface area contributed by atoms with E-state index in [-0.39, 0.29) is 6.04 Å². The van der Waals surface area contributed by atoms with Gasteiger partial charge in [0.25, 0.3) is 0 Å². The second-order valence-corrected chi connectivity index (χ2v) is 7.68. The van der Waals surface area contributed by atoms with Crippen LogP contribution in [0.3, 0.4) is 0 Å². The molecule has 5 heteroatoms. The molecule has 1 atom stereocenters. The maximum atomic E-state index is 5.50. The molecule has 1 heterocycles. The van der Waals surface area contributed by atoms with Crippen LogP contribution in [-0.2, 0) is 6.42 Å². The van der Waals surface area contributed by atoms with E-state index in [9.17, 15) is 0 Å². The maximum Gasteiger partial charge on any atom is 0.167 e. The summed E-state index contributed by atoms with van der Waals surface area (Å²) in [6.45, 7) is 4.13. The van der Waals surface area contributed by atoms with E-state index in [1.54, 1.807) is 11.3 Å². The minimum absolute atomic E-state index is 0.104. The molecule has 0 aliphatic rings. The molecule has 0 fully saturated rings. The lowest BCUT2D eigenvalue weighted by Gasteiger charge is -2.21. The highest BCUT2D eigenvalue weighted by atomic mass is 32.1. The van der Waals surface area contributed by atoms with Crippen molar-refractivity contribution in [2.24, 2.45) is 0 Å². The molecule has 0 bridgehead atoms. The van der Waals surface area contributed by atoms with Gasteiger partial charge in [0.1, 0.15) is 0 Å². The normalized spacial score (nSPS) is 12.2. The van der Waals surface area contributed by atoms with Crippen molar-refractivity contribution in [2.75, 3.05) is 27.2 Å². The van der Waals surface area contributed by atoms with E-state index in [0.717, 1.165) is 19.5 Å². The number of rotatable bonds is 8. The van der Waals surface area contributed by atoms with Crippen molar-refractivity contribution in [3.05, 3.63) is 57.8 Å². The summed E-state index contributed by atoms with van der Waals surface area (Å²) in [5.41, 5.74) is 2.64. The predicted octanol–water partition coefficient (Wildman–Crippen LogP) is 2.40. The summed E-state index contributed by atoms with van der Waals surface area (Å²) in [7, 11) is 4.29. The Morgan fingerprint density at radius 1 is 1.21 bits per heavy atom. The van der Waals surface area contributed by atoms with Crippen molar-refractivity contribution in [3.63, 3.8) is 0 Å². The second kappa shape index (κ2) is 9.77. The molecule has 0 saturated heterocycles. The summed E-state index contributed by atoms with van der Waals surface area (Å²) in [5, 5.41) is 9.62. The molecule has 2 aromatic rings. The molecule has 0 radical (unpaired) electrons. The van der Waals surface area contributed by atoms with Gasteiger partial charge in [-0.25, -0.2) is 0 Å². The first-order valence-electron chi connectivity index (χ1n) is 8.55. The molecule has 0 saturated carbocycles. The third kappa shape index (κ3) is 5.89. The summed E-state index contributed by atoms with van der Waals surface area (Å²) >= 11 is 7.25. The monoisotopic (exact) mass is 362 g/mol. The molecule has 130 valence electrons. The lowest BCUT2D eigenvalue weighted by molar-refractivity contribution is -0.856. The van der Waals surface area contributed by atoms with Crippen LogP contribution >= 0.6 is 23.6 Å². The SMILES string of the molecule is CCCc1ccc([C@H](NC(=S)NCC[NH+](C)C)c2cccs2)cc1. The summed E-state index contributed by atoms with van der Waals surface area (Å²) in [6.07, 6.45) is 2.30. The topological polar surface area (TPSA) is 28.5 Å². The Morgan fingerprint density at radius 2 is 1.96 bits per heavy atom. The number of hydrogen-bond donors (Lipinski definition) is 3. The molecule has 2 rings (SSSR count). The highest BCUT2D eigenvalue weighted by Crippen LogP contribution is 2.26. The molecule has 0 amide bonds. The highest BCUT2D eigenvalue weighted by Gasteiger charge is 2.16. The predicted molar refractivity (Wildman–Crippen MR) is 108 cm³/mol. The highest BCUT2D eigenvalue weighted by molar-refractivity contribution is 7.80. The van der Waals surface area contributed by atoms with Crippen molar-refractivity contribution in [3.8, 4) is 0 Å². The fraction of sp³-hybridized carbons (Fsp3) is 0.421. The van der Waals surface area contributed by atoms with Gasteiger partial charge in [0.05, 0.1) is 33.2 Å². The van der Waals surface area contributed by atoms with Gasteiger partial charge in [-0.15, -0.1) is 11.3 Å². The first kappa shape index (κ1) is 18.9. The molecule has 0 spiro atoms. The maximum absolute atomic E-state index is 5.50. The molecular formula is C19H28N3S2+. The molecule has 1 aromatic carbocycles. The number of quaternary nitrogens is 1. The Labute approximate surface area is 155 Å². The van der Waals surface area contributed by atoms with Crippen molar-refractivity contribution in [1.29, 1.82) is 0 Å². The van der Waals surface area contributed by atoms with Crippen molar-refractivity contribution >= 4 is 28.7 Å². The Hall–Kier alpha value is -1.43. The number of aryl methyl sites for hydroxylation is 1. The van der Waals surface area contributed by atoms with Crippen LogP contribution in [0.1, 0.15) is 35.4 Å². The minimum Gasteiger partial charge on any atom is -0.357 e. The van der Waals surface area contributed by atoms with Gasteiger partial charge in [-0.05, 0) is 41.2 Å². The average molecular weight is 363 g/mol. The van der Waals surface area contributed by atoms with Crippen molar-refractivity contribution in [1.82, 2.24) is 10.6 Å². The molecule has 3 nitrogen and oxygen atoms in total. The van der Waals surface area contributed by atoms with Crippen LogP contribution < -0.4 is 15.5 Å². The largest absolute Gasteiger partial charge is 0.357 e. The van der Waals surface area contributed by atoms with E-state index < -0.39 is 0 Å². The number of likely N-dealkylation sites (N-methyl/N-ethyl adjacent to an activating group) is 1. The molecular weight excluding hydrogens is 334 g/mol. The van der Waals surface area contributed by atoms with Crippen LogP contribution in [0.5, 0.6) is 0 Å². The second-order valence-electron chi connectivity index (χ2n) is 6.30. The van der Waals surface area contributed by atoms with Gasteiger partial charge in [0, 0.05) is 4.88 Å². The van der Waals surface area contributed by atoms with Crippen LogP contribution in [0, 0.1) is 0 Å². The third-order valence-corrected chi connectivity index (χ3v) is 5.06. The van der Waals surface area contributed by atoms with Crippen LogP contribution in [0.25, 0.3) is 0 Å². The minimum atomic E-state index is 0.104. The number of benzene rings is 1. The van der Waals surface area contributed by atoms with Gasteiger partial charge < -0.3 is 15.5 Å². The fourth-order valence-electron chi connectivity index (χ4n) is 2.55. The number of hydrogen-bond acceptors (Lipinski definition) is 2. The van der Waals surface area contributed by atoms with E-state index in [2.05, 4.69) is 73.4 Å². The smallest absolute Gasteiger partial charge is 0.167 e. The Morgan fingerprint density at radius 3 is 2.54 bits per heavy atom. The zero-order valence-electron chi connectivity index (χ0n) is 14.8. The number of thiophene rings is 1. The van der Waals surface area contributed by atoms with Gasteiger partial charge in [0.15, 0.2) is 5.11 Å². The summed E-state index contributed by atoms with van der Waals surface area (Å²) in [6, 6.07) is 13.2. The zero-order valence-corrected chi connectivity index (χ0v) is 16.4. The van der Waals surface area contributed by atoms with Gasteiger partial charge in [-0.3, -0.25) is 0 Å². The Kier molecular flexibility index (Phi) is 7.69. The molecule has 3 N–H and O–H groups in total. The zero-order chi connectivity index (χ0) is 17.4. The molecule has 24 heavy (non-hydrogen) atoms. The van der Waals surface area contributed by atoms with Crippen LogP contribution in [0.4, 0.5) is 0 Å².